The van der Waals surface area contributed by atoms with Gasteiger partial charge in [-0.15, -0.1) is 35.9 Å². The standard InChI is InChI=1S/C14H12O.C8H7O.C6H5I.BrH.Zn/c1-11(15)13-9-5-6-10-14(13)12-7-3-2-4-8-12;1-7(9)8-5-3-2-4-6-8;7-6-4-2-1-3-5-6;;/h2-10H,1H3;2-5H,1H3;1-5H;1H;/q;-1;;;+2/p-1. The molecule has 0 saturated carbocycles. The number of hydrogen-bond donors (Lipinski definition) is 0. The van der Waals surface area contributed by atoms with Crippen molar-refractivity contribution in [3.05, 3.63) is 130 Å². The third-order valence-electron chi connectivity index (χ3n) is 4.21. The van der Waals surface area contributed by atoms with Crippen LogP contribution < -0.4 is 0 Å². The van der Waals surface area contributed by atoms with Gasteiger partial charge in [-0.05, 0) is 59.7 Å². The van der Waals surface area contributed by atoms with Crippen molar-refractivity contribution in [2.75, 3.05) is 0 Å². The SMILES string of the molecule is CC(=O)c1[c-]cccc1.CC(=O)c1ccccc1-c1ccccc1.Ic1ccccc1.[Zn+][Br]. The van der Waals surface area contributed by atoms with Crippen molar-refractivity contribution in [3.8, 4) is 11.1 Å². The van der Waals surface area contributed by atoms with Gasteiger partial charge >= 0.3 is 30.0 Å². The molecule has 0 atom stereocenters. The summed E-state index contributed by atoms with van der Waals surface area (Å²) in [6, 6.07) is 37.8. The molecule has 2 nitrogen and oxygen atoms in total. The van der Waals surface area contributed by atoms with Crippen molar-refractivity contribution in [2.45, 2.75) is 13.8 Å². The van der Waals surface area contributed by atoms with Gasteiger partial charge in [0.1, 0.15) is 0 Å². The van der Waals surface area contributed by atoms with Gasteiger partial charge < -0.3 is 4.79 Å². The van der Waals surface area contributed by atoms with Crippen LogP contribution in [-0.4, -0.2) is 11.6 Å². The zero-order valence-corrected chi connectivity index (χ0v) is 25.4. The summed E-state index contributed by atoms with van der Waals surface area (Å²) < 4.78 is 1.29. The Balaban J connectivity index is 0.000000258. The van der Waals surface area contributed by atoms with E-state index in [1.54, 1.807) is 19.1 Å². The first-order valence-electron chi connectivity index (χ1n) is 10.1. The van der Waals surface area contributed by atoms with E-state index in [0.717, 1.165) is 16.7 Å². The van der Waals surface area contributed by atoms with Crippen LogP contribution in [0.2, 0.25) is 0 Å². The van der Waals surface area contributed by atoms with Crippen LogP contribution in [0.3, 0.4) is 0 Å². The van der Waals surface area contributed by atoms with E-state index >= 15 is 0 Å². The Morgan fingerprint density at radius 2 is 1.21 bits per heavy atom. The summed E-state index contributed by atoms with van der Waals surface area (Å²) in [6.45, 7) is 3.13. The number of Topliss-reactive ketones (excluding diaryl/α,β-unsaturated/α-hetero) is 2. The molecule has 5 heteroatoms. The van der Waals surface area contributed by atoms with Gasteiger partial charge in [-0.1, -0.05) is 72.8 Å². The molecule has 0 amide bonds. The Labute approximate surface area is 227 Å². The van der Waals surface area contributed by atoms with Crippen molar-refractivity contribution < 1.29 is 25.9 Å². The Bertz CT molecular complexity index is 1090. The second-order valence-corrected chi connectivity index (χ2v) is 7.84. The molecule has 0 bridgehead atoms. The van der Waals surface area contributed by atoms with Crippen molar-refractivity contribution in [1.29, 1.82) is 0 Å². The quantitative estimate of drug-likeness (QED) is 0.0955. The number of carbonyl (C=O) groups excluding carboxylic acids is 2. The summed E-state index contributed by atoms with van der Waals surface area (Å²) in [4.78, 5) is 22.1. The molecule has 0 aromatic heterocycles. The van der Waals surface area contributed by atoms with Gasteiger partial charge in [0.2, 0.25) is 0 Å². The van der Waals surface area contributed by atoms with E-state index in [0.29, 0.717) is 5.56 Å². The molecule has 0 heterocycles. The van der Waals surface area contributed by atoms with E-state index in [4.69, 9.17) is 0 Å². The molecule has 4 rings (SSSR count). The first kappa shape index (κ1) is 29.1. The second kappa shape index (κ2) is 17.5. The van der Waals surface area contributed by atoms with Gasteiger partial charge in [0.15, 0.2) is 5.78 Å². The molecule has 0 aliphatic heterocycles. The third-order valence-corrected chi connectivity index (χ3v) is 4.93. The van der Waals surface area contributed by atoms with Crippen molar-refractivity contribution in [1.82, 2.24) is 0 Å². The van der Waals surface area contributed by atoms with Gasteiger partial charge in [0.25, 0.3) is 0 Å². The van der Waals surface area contributed by atoms with Crippen LogP contribution in [0.15, 0.2) is 109 Å². The van der Waals surface area contributed by atoms with E-state index < -0.39 is 0 Å². The van der Waals surface area contributed by atoms with E-state index in [1.807, 2.05) is 84.9 Å². The van der Waals surface area contributed by atoms with Crippen LogP contribution in [0.1, 0.15) is 34.6 Å². The number of benzene rings is 4. The Morgan fingerprint density at radius 1 is 0.697 bits per heavy atom. The summed E-state index contributed by atoms with van der Waals surface area (Å²) in [5.41, 5.74) is 3.52. The monoisotopic (exact) mass is 662 g/mol. The molecule has 0 saturated heterocycles. The molecular weight excluding hydrogens is 641 g/mol. The van der Waals surface area contributed by atoms with Gasteiger partial charge in [-0.2, -0.15) is 0 Å². The summed E-state index contributed by atoms with van der Waals surface area (Å²) in [7, 11) is 0. The number of rotatable bonds is 3. The van der Waals surface area contributed by atoms with E-state index in [2.05, 4.69) is 54.4 Å². The average Bonchev–Trinajstić information content (AvgIpc) is 2.87. The Hall–Kier alpha value is -1.95. The fourth-order valence-corrected chi connectivity index (χ4v) is 3.10. The van der Waals surface area contributed by atoms with Crippen LogP contribution in [0.4, 0.5) is 0 Å². The molecule has 33 heavy (non-hydrogen) atoms. The summed E-state index contributed by atoms with van der Waals surface area (Å²) >= 11 is 6.53. The molecular formula is C28H24BrIO2Zn. The molecule has 0 spiro atoms. The predicted molar refractivity (Wildman–Crippen MR) is 145 cm³/mol. The molecule has 0 aliphatic carbocycles. The minimum absolute atomic E-state index is 0.0654. The number of ketones is 2. The zero-order chi connectivity index (χ0) is 24.5. The molecule has 4 aromatic rings. The number of hydrogen-bond acceptors (Lipinski definition) is 2. The van der Waals surface area contributed by atoms with Gasteiger partial charge in [-0.3, -0.25) is 4.79 Å². The number of carbonyl (C=O) groups is 2. The molecule has 0 unspecified atom stereocenters. The van der Waals surface area contributed by atoms with Crippen molar-refractivity contribution >= 4 is 47.8 Å². The van der Waals surface area contributed by atoms with Gasteiger partial charge in [0.05, 0.1) is 5.78 Å². The van der Waals surface area contributed by atoms with Crippen LogP contribution in [-0.2, 0) is 16.3 Å². The Kier molecular flexibility index (Phi) is 15.4. The maximum atomic E-state index is 11.4. The average molecular weight is 665 g/mol. The van der Waals surface area contributed by atoms with E-state index in [-0.39, 0.29) is 11.6 Å². The normalized spacial score (nSPS) is 9.03. The second-order valence-electron chi connectivity index (χ2n) is 6.60. The fraction of sp³-hybridized carbons (Fsp3) is 0.0714. The van der Waals surface area contributed by atoms with E-state index in [1.165, 1.54) is 26.8 Å². The van der Waals surface area contributed by atoms with Crippen LogP contribution in [0, 0.1) is 9.64 Å². The minimum atomic E-state index is 0.0654. The van der Waals surface area contributed by atoms with Crippen molar-refractivity contribution in [3.63, 3.8) is 0 Å². The molecule has 0 fully saturated rings. The maximum absolute atomic E-state index is 11.4. The number of halogens is 2. The van der Waals surface area contributed by atoms with Gasteiger partial charge in [-0.25, -0.2) is 0 Å². The topological polar surface area (TPSA) is 34.1 Å². The molecule has 0 N–H and O–H groups in total. The van der Waals surface area contributed by atoms with Crippen LogP contribution in [0.25, 0.3) is 11.1 Å². The van der Waals surface area contributed by atoms with Gasteiger partial charge in [0, 0.05) is 9.13 Å². The predicted octanol–water partition coefficient (Wildman–Crippen LogP) is 8.38. The first-order chi connectivity index (χ1) is 16.0. The zero-order valence-electron chi connectivity index (χ0n) is 18.7. The van der Waals surface area contributed by atoms with Crippen LogP contribution >= 0.6 is 36.2 Å². The summed E-state index contributed by atoms with van der Waals surface area (Å²) in [5.74, 6) is 0.171. The fourth-order valence-electron chi connectivity index (χ4n) is 2.69. The molecule has 164 valence electrons. The van der Waals surface area contributed by atoms with Crippen molar-refractivity contribution in [2.24, 2.45) is 0 Å². The Morgan fingerprint density at radius 3 is 1.64 bits per heavy atom. The molecule has 0 radical (unpaired) electrons. The molecule has 0 aliphatic rings. The van der Waals surface area contributed by atoms with E-state index in [9.17, 15) is 9.59 Å². The summed E-state index contributed by atoms with van der Waals surface area (Å²) in [5, 5.41) is 0. The van der Waals surface area contributed by atoms with Crippen LogP contribution in [0.5, 0.6) is 0 Å². The molecule has 4 aromatic carbocycles. The third kappa shape index (κ3) is 11.7. The summed E-state index contributed by atoms with van der Waals surface area (Å²) in [6.07, 6.45) is 0. The first-order valence-corrected chi connectivity index (χ1v) is 18.1.